The first-order valence-electron chi connectivity index (χ1n) is 6.95. The number of rotatable bonds is 6. The van der Waals surface area contributed by atoms with Gasteiger partial charge in [0.2, 0.25) is 5.91 Å². The van der Waals surface area contributed by atoms with E-state index in [1.807, 2.05) is 37.3 Å². The number of nitrogens with zero attached hydrogens (tertiary/aromatic N) is 1. The van der Waals surface area contributed by atoms with E-state index >= 15 is 0 Å². The minimum atomic E-state index is -1.01. The Morgan fingerprint density at radius 2 is 1.95 bits per heavy atom. The van der Waals surface area contributed by atoms with Gasteiger partial charge in [0, 0.05) is 6.54 Å². The Morgan fingerprint density at radius 1 is 1.24 bits per heavy atom. The highest BCUT2D eigenvalue weighted by Gasteiger charge is 2.36. The number of hydrogen-bond acceptors (Lipinski definition) is 5. The van der Waals surface area contributed by atoms with Crippen LogP contribution in [-0.2, 0) is 9.59 Å². The number of carboxylic acids is 1. The minimum Gasteiger partial charge on any atom is -0.480 e. The molecule has 21 heavy (non-hydrogen) atoms. The number of amides is 1. The van der Waals surface area contributed by atoms with Crippen molar-refractivity contribution in [2.75, 3.05) is 13.1 Å². The van der Waals surface area contributed by atoms with Gasteiger partial charge in [-0.2, -0.15) is 5.53 Å². The predicted molar refractivity (Wildman–Crippen MR) is 76.9 cm³/mol. The maximum absolute atomic E-state index is 12.6. The number of nitrogens with one attached hydrogen (secondary N) is 3. The normalized spacial score (nSPS) is 21.2. The van der Waals surface area contributed by atoms with E-state index in [2.05, 4.69) is 16.4 Å². The minimum absolute atomic E-state index is 0.231. The predicted octanol–water partition coefficient (Wildman–Crippen LogP) is 0.0319. The molecule has 1 aliphatic heterocycles. The molecule has 4 N–H and O–H groups in total. The van der Waals surface area contributed by atoms with Gasteiger partial charge in [-0.1, -0.05) is 37.3 Å². The van der Waals surface area contributed by atoms with Crippen LogP contribution in [0.2, 0.25) is 0 Å². The molecule has 7 nitrogen and oxygen atoms in total. The average molecular weight is 292 g/mol. The van der Waals surface area contributed by atoms with Crippen LogP contribution in [0.5, 0.6) is 0 Å². The number of hydrazine groups is 2. The zero-order valence-electron chi connectivity index (χ0n) is 11.9. The first kappa shape index (κ1) is 15.4. The third kappa shape index (κ3) is 3.78. The summed E-state index contributed by atoms with van der Waals surface area (Å²) < 4.78 is 0. The van der Waals surface area contributed by atoms with Gasteiger partial charge in [-0.05, 0) is 12.0 Å². The molecule has 2 atom stereocenters. The lowest BCUT2D eigenvalue weighted by Crippen LogP contribution is -2.49. The van der Waals surface area contributed by atoms with Crippen LogP contribution in [0.3, 0.4) is 0 Å². The van der Waals surface area contributed by atoms with Crippen LogP contribution in [0, 0.1) is 0 Å². The first-order valence-corrected chi connectivity index (χ1v) is 6.95. The summed E-state index contributed by atoms with van der Waals surface area (Å²) in [6.07, 6.45) is 0.711. The van der Waals surface area contributed by atoms with Crippen molar-refractivity contribution in [2.24, 2.45) is 0 Å². The lowest BCUT2D eigenvalue weighted by atomic mass is 10.00. The van der Waals surface area contributed by atoms with Crippen molar-refractivity contribution < 1.29 is 14.7 Å². The summed E-state index contributed by atoms with van der Waals surface area (Å²) in [4.78, 5) is 24.9. The summed E-state index contributed by atoms with van der Waals surface area (Å²) in [5.74, 6) is -1.24. The van der Waals surface area contributed by atoms with Crippen LogP contribution in [0.1, 0.15) is 24.9 Å². The molecule has 0 aromatic heterocycles. The molecule has 1 aromatic carbocycles. The van der Waals surface area contributed by atoms with Gasteiger partial charge in [-0.3, -0.25) is 9.59 Å². The van der Waals surface area contributed by atoms with Crippen LogP contribution >= 0.6 is 0 Å². The molecule has 1 fully saturated rings. The Bertz CT molecular complexity index is 494. The molecule has 114 valence electrons. The fourth-order valence-electron chi connectivity index (χ4n) is 2.40. The zero-order valence-corrected chi connectivity index (χ0v) is 11.9. The average Bonchev–Trinajstić information content (AvgIpc) is 2.96. The Kier molecular flexibility index (Phi) is 5.26. The molecule has 1 heterocycles. The number of carbonyl (C=O) groups is 2. The van der Waals surface area contributed by atoms with Crippen LogP contribution in [-0.4, -0.2) is 41.0 Å². The van der Waals surface area contributed by atoms with Crippen molar-refractivity contribution in [1.29, 1.82) is 0 Å². The summed E-state index contributed by atoms with van der Waals surface area (Å²) in [6, 6.07) is 8.77. The first-order chi connectivity index (χ1) is 10.1. The fraction of sp³-hybridized carbons (Fsp3) is 0.429. The van der Waals surface area contributed by atoms with E-state index in [9.17, 15) is 9.59 Å². The van der Waals surface area contributed by atoms with Crippen molar-refractivity contribution in [3.63, 3.8) is 0 Å². The van der Waals surface area contributed by atoms with Crippen LogP contribution < -0.4 is 16.4 Å². The third-order valence-electron chi connectivity index (χ3n) is 3.34. The SMILES string of the molecule is CCCN(CC(=O)O)C(=O)C1NNNC1c1ccccc1. The van der Waals surface area contributed by atoms with Gasteiger partial charge in [0.05, 0.1) is 6.04 Å². The molecule has 1 aromatic rings. The van der Waals surface area contributed by atoms with E-state index in [-0.39, 0.29) is 18.5 Å². The summed E-state index contributed by atoms with van der Waals surface area (Å²) >= 11 is 0. The highest BCUT2D eigenvalue weighted by Crippen LogP contribution is 2.20. The van der Waals surface area contributed by atoms with E-state index in [4.69, 9.17) is 5.11 Å². The zero-order chi connectivity index (χ0) is 15.2. The van der Waals surface area contributed by atoms with E-state index in [0.29, 0.717) is 13.0 Å². The van der Waals surface area contributed by atoms with Gasteiger partial charge in [-0.25, -0.2) is 10.9 Å². The lowest BCUT2D eigenvalue weighted by Gasteiger charge is -2.26. The van der Waals surface area contributed by atoms with E-state index in [1.54, 1.807) is 0 Å². The lowest BCUT2D eigenvalue weighted by molar-refractivity contribution is -0.145. The molecule has 2 rings (SSSR count). The Hall–Kier alpha value is -1.96. The Balaban J connectivity index is 2.14. The second-order valence-electron chi connectivity index (χ2n) is 4.93. The second kappa shape index (κ2) is 7.16. The third-order valence-corrected chi connectivity index (χ3v) is 3.34. The molecule has 1 saturated heterocycles. The summed E-state index contributed by atoms with van der Waals surface area (Å²) in [7, 11) is 0. The summed E-state index contributed by atoms with van der Waals surface area (Å²) in [5, 5.41) is 8.94. The van der Waals surface area contributed by atoms with E-state index in [0.717, 1.165) is 5.56 Å². The van der Waals surface area contributed by atoms with Gasteiger partial charge >= 0.3 is 5.97 Å². The molecule has 0 saturated carbocycles. The summed E-state index contributed by atoms with van der Waals surface area (Å²) in [5.41, 5.74) is 9.59. The highest BCUT2D eigenvalue weighted by atomic mass is 16.4. The molecule has 0 bridgehead atoms. The van der Waals surface area contributed by atoms with Crippen LogP contribution in [0.4, 0.5) is 0 Å². The quantitative estimate of drug-likeness (QED) is 0.591. The van der Waals surface area contributed by atoms with Gasteiger partial charge in [0.15, 0.2) is 0 Å². The topological polar surface area (TPSA) is 93.7 Å². The van der Waals surface area contributed by atoms with Crippen molar-refractivity contribution in [3.05, 3.63) is 35.9 Å². The number of aliphatic carboxylic acids is 1. The molecule has 0 radical (unpaired) electrons. The maximum Gasteiger partial charge on any atom is 0.323 e. The van der Waals surface area contributed by atoms with Gasteiger partial charge in [-0.15, -0.1) is 0 Å². The Labute approximate surface area is 123 Å². The standard InChI is InChI=1S/C14H20N4O3/c1-2-8-18(9-11(19)20)14(21)13-12(15-17-16-13)10-6-4-3-5-7-10/h3-7,12-13,15-17H,2,8-9H2,1H3,(H,19,20). The summed E-state index contributed by atoms with van der Waals surface area (Å²) in [6.45, 7) is 2.05. The van der Waals surface area contributed by atoms with Gasteiger partial charge < -0.3 is 10.0 Å². The van der Waals surface area contributed by atoms with E-state index in [1.165, 1.54) is 4.90 Å². The number of hydrogen-bond donors (Lipinski definition) is 4. The van der Waals surface area contributed by atoms with Gasteiger partial charge in [0.25, 0.3) is 0 Å². The Morgan fingerprint density at radius 3 is 2.57 bits per heavy atom. The largest absolute Gasteiger partial charge is 0.480 e. The molecule has 1 aliphatic rings. The number of benzene rings is 1. The fourth-order valence-corrected chi connectivity index (χ4v) is 2.40. The monoisotopic (exact) mass is 292 g/mol. The smallest absolute Gasteiger partial charge is 0.323 e. The van der Waals surface area contributed by atoms with Crippen molar-refractivity contribution in [3.8, 4) is 0 Å². The highest BCUT2D eigenvalue weighted by molar-refractivity contribution is 5.86. The molecule has 0 spiro atoms. The number of carboxylic acid groups (broad SMARTS) is 1. The van der Waals surface area contributed by atoms with E-state index < -0.39 is 12.0 Å². The molecule has 2 unspecified atom stereocenters. The van der Waals surface area contributed by atoms with Gasteiger partial charge in [0.1, 0.15) is 12.6 Å². The van der Waals surface area contributed by atoms with Crippen molar-refractivity contribution >= 4 is 11.9 Å². The number of carbonyl (C=O) groups excluding carboxylic acids is 1. The molecular formula is C14H20N4O3. The molecule has 0 aliphatic carbocycles. The molecule has 1 amide bonds. The molecular weight excluding hydrogens is 272 g/mol. The van der Waals surface area contributed by atoms with Crippen LogP contribution in [0.15, 0.2) is 30.3 Å². The molecule has 7 heteroatoms. The van der Waals surface area contributed by atoms with Crippen LogP contribution in [0.25, 0.3) is 0 Å². The second-order valence-corrected chi connectivity index (χ2v) is 4.93. The maximum atomic E-state index is 12.6. The van der Waals surface area contributed by atoms with Crippen molar-refractivity contribution in [2.45, 2.75) is 25.4 Å². The van der Waals surface area contributed by atoms with Crippen molar-refractivity contribution in [1.82, 2.24) is 21.3 Å².